The van der Waals surface area contributed by atoms with E-state index in [2.05, 4.69) is 33.2 Å². The molecule has 2 N–H and O–H groups in total. The van der Waals surface area contributed by atoms with Crippen LogP contribution in [0.1, 0.15) is 28.8 Å². The van der Waals surface area contributed by atoms with Gasteiger partial charge in [0.2, 0.25) is 0 Å². The van der Waals surface area contributed by atoms with Gasteiger partial charge in [0.15, 0.2) is 0 Å². The monoisotopic (exact) mass is 477 g/mol. The van der Waals surface area contributed by atoms with Crippen LogP contribution in [-0.4, -0.2) is 36.5 Å². The third-order valence-corrected chi connectivity index (χ3v) is 5.41. The molecule has 1 heterocycles. The molecule has 1 aliphatic heterocycles. The first kappa shape index (κ1) is 19.7. The SMILES string of the molecule is Cc1ccc(NC(=O)NCC2CCCN(C(=O)c3cccc(I)c3)C2)cc1. The summed E-state index contributed by atoms with van der Waals surface area (Å²) in [6.45, 7) is 4.02. The van der Waals surface area contributed by atoms with Gasteiger partial charge in [0.1, 0.15) is 0 Å². The normalized spacial score (nSPS) is 16.7. The molecular formula is C21H24IN3O2. The highest BCUT2D eigenvalue weighted by Gasteiger charge is 2.24. The van der Waals surface area contributed by atoms with Crippen molar-refractivity contribution in [2.75, 3.05) is 25.0 Å². The lowest BCUT2D eigenvalue weighted by atomic mass is 9.97. The minimum Gasteiger partial charge on any atom is -0.338 e. The van der Waals surface area contributed by atoms with Gasteiger partial charge in [0.25, 0.3) is 5.91 Å². The van der Waals surface area contributed by atoms with E-state index in [1.165, 1.54) is 0 Å². The van der Waals surface area contributed by atoms with Gasteiger partial charge in [0, 0.05) is 34.5 Å². The predicted molar refractivity (Wildman–Crippen MR) is 116 cm³/mol. The summed E-state index contributed by atoms with van der Waals surface area (Å²) in [6.07, 6.45) is 1.97. The molecule has 27 heavy (non-hydrogen) atoms. The summed E-state index contributed by atoms with van der Waals surface area (Å²) < 4.78 is 1.06. The van der Waals surface area contributed by atoms with Crippen LogP contribution < -0.4 is 10.6 Å². The van der Waals surface area contributed by atoms with Crippen LogP contribution in [0.25, 0.3) is 0 Å². The van der Waals surface area contributed by atoms with Gasteiger partial charge >= 0.3 is 6.03 Å². The highest BCUT2D eigenvalue weighted by atomic mass is 127. The average Bonchev–Trinajstić information content (AvgIpc) is 2.68. The molecule has 6 heteroatoms. The van der Waals surface area contributed by atoms with Crippen molar-refractivity contribution in [3.05, 3.63) is 63.2 Å². The van der Waals surface area contributed by atoms with Crippen LogP contribution in [0.5, 0.6) is 0 Å². The lowest BCUT2D eigenvalue weighted by Gasteiger charge is -2.33. The first-order valence-corrected chi connectivity index (χ1v) is 10.3. The number of hydrogen-bond acceptors (Lipinski definition) is 2. The molecular weight excluding hydrogens is 453 g/mol. The van der Waals surface area contributed by atoms with Gasteiger partial charge < -0.3 is 15.5 Å². The molecule has 0 bridgehead atoms. The third kappa shape index (κ3) is 5.69. The van der Waals surface area contributed by atoms with Gasteiger partial charge in [-0.2, -0.15) is 0 Å². The Bertz CT molecular complexity index is 807. The van der Waals surface area contributed by atoms with E-state index in [0.717, 1.165) is 39.8 Å². The minimum absolute atomic E-state index is 0.0716. The van der Waals surface area contributed by atoms with Crippen molar-refractivity contribution in [2.24, 2.45) is 5.92 Å². The molecule has 1 saturated heterocycles. The van der Waals surface area contributed by atoms with E-state index >= 15 is 0 Å². The number of piperidine rings is 1. The number of nitrogens with zero attached hydrogens (tertiary/aromatic N) is 1. The second-order valence-electron chi connectivity index (χ2n) is 6.97. The van der Waals surface area contributed by atoms with Crippen LogP contribution in [0.4, 0.5) is 10.5 Å². The van der Waals surface area contributed by atoms with Gasteiger partial charge in [-0.05, 0) is 78.6 Å². The lowest BCUT2D eigenvalue weighted by molar-refractivity contribution is 0.0675. The molecule has 5 nitrogen and oxygen atoms in total. The zero-order chi connectivity index (χ0) is 19.2. The van der Waals surface area contributed by atoms with Crippen LogP contribution >= 0.6 is 22.6 Å². The molecule has 142 valence electrons. The molecule has 1 unspecified atom stereocenters. The fourth-order valence-corrected chi connectivity index (χ4v) is 3.81. The van der Waals surface area contributed by atoms with Crippen molar-refractivity contribution in [3.8, 4) is 0 Å². The molecule has 1 atom stereocenters. The standard InChI is InChI=1S/C21H24IN3O2/c1-15-7-9-19(10-8-15)24-21(27)23-13-16-4-3-11-25(14-16)20(26)17-5-2-6-18(22)12-17/h2,5-10,12,16H,3-4,11,13-14H2,1H3,(H2,23,24,27). The van der Waals surface area contributed by atoms with Crippen LogP contribution in [0.2, 0.25) is 0 Å². The zero-order valence-corrected chi connectivity index (χ0v) is 17.5. The molecule has 2 aromatic rings. The molecule has 0 saturated carbocycles. The highest BCUT2D eigenvalue weighted by Crippen LogP contribution is 2.19. The Kier molecular flexibility index (Phi) is 6.71. The summed E-state index contributed by atoms with van der Waals surface area (Å²) in [7, 11) is 0. The quantitative estimate of drug-likeness (QED) is 0.647. The maximum atomic E-state index is 12.7. The fourth-order valence-electron chi connectivity index (χ4n) is 3.27. The van der Waals surface area contributed by atoms with Crippen LogP contribution in [-0.2, 0) is 0 Å². The largest absolute Gasteiger partial charge is 0.338 e. The Balaban J connectivity index is 1.50. The second kappa shape index (κ2) is 9.21. The van der Waals surface area contributed by atoms with Gasteiger partial charge in [-0.15, -0.1) is 0 Å². The summed E-state index contributed by atoms with van der Waals surface area (Å²) in [5.41, 5.74) is 2.66. The number of carbonyl (C=O) groups excluding carboxylic acids is 2. The summed E-state index contributed by atoms with van der Waals surface area (Å²) >= 11 is 2.22. The molecule has 0 aliphatic carbocycles. The molecule has 1 aliphatic rings. The fraction of sp³-hybridized carbons (Fsp3) is 0.333. The minimum atomic E-state index is -0.208. The highest BCUT2D eigenvalue weighted by molar-refractivity contribution is 14.1. The van der Waals surface area contributed by atoms with Crippen LogP contribution in [0, 0.1) is 16.4 Å². The Labute approximate surface area is 173 Å². The average molecular weight is 477 g/mol. The Morgan fingerprint density at radius 3 is 2.70 bits per heavy atom. The smallest absolute Gasteiger partial charge is 0.319 e. The summed E-state index contributed by atoms with van der Waals surface area (Å²) in [5, 5.41) is 5.78. The summed E-state index contributed by atoms with van der Waals surface area (Å²) in [5.74, 6) is 0.344. The summed E-state index contributed by atoms with van der Waals surface area (Å²) in [6, 6.07) is 15.2. The van der Waals surface area contributed by atoms with Crippen LogP contribution in [0.3, 0.4) is 0 Å². The predicted octanol–water partition coefficient (Wildman–Crippen LogP) is 4.27. The van der Waals surface area contributed by atoms with E-state index in [-0.39, 0.29) is 17.9 Å². The maximum absolute atomic E-state index is 12.7. The molecule has 0 spiro atoms. The van der Waals surface area contributed by atoms with E-state index < -0.39 is 0 Å². The number of hydrogen-bond donors (Lipinski definition) is 2. The molecule has 3 rings (SSSR count). The zero-order valence-electron chi connectivity index (χ0n) is 15.4. The number of anilines is 1. The van der Waals surface area contributed by atoms with Crippen molar-refractivity contribution in [3.63, 3.8) is 0 Å². The van der Waals surface area contributed by atoms with E-state index in [9.17, 15) is 9.59 Å². The van der Waals surface area contributed by atoms with E-state index in [1.54, 1.807) is 0 Å². The topological polar surface area (TPSA) is 61.4 Å². The molecule has 0 aromatic heterocycles. The number of likely N-dealkylation sites (tertiary alicyclic amines) is 1. The van der Waals surface area contributed by atoms with Gasteiger partial charge in [0.05, 0.1) is 0 Å². The molecule has 1 fully saturated rings. The van der Waals surface area contributed by atoms with E-state index in [4.69, 9.17) is 0 Å². The van der Waals surface area contributed by atoms with E-state index in [1.807, 2.05) is 60.4 Å². The molecule has 3 amide bonds. The Morgan fingerprint density at radius 2 is 1.96 bits per heavy atom. The van der Waals surface area contributed by atoms with Gasteiger partial charge in [-0.25, -0.2) is 4.79 Å². The molecule has 2 aromatic carbocycles. The lowest BCUT2D eigenvalue weighted by Crippen LogP contribution is -2.44. The first-order valence-electron chi connectivity index (χ1n) is 9.17. The Morgan fingerprint density at radius 1 is 1.19 bits per heavy atom. The van der Waals surface area contributed by atoms with E-state index in [0.29, 0.717) is 13.1 Å². The van der Waals surface area contributed by atoms with Crippen molar-refractivity contribution in [2.45, 2.75) is 19.8 Å². The number of aryl methyl sites for hydroxylation is 1. The van der Waals surface area contributed by atoms with Crippen molar-refractivity contribution < 1.29 is 9.59 Å². The first-order chi connectivity index (χ1) is 13.0. The second-order valence-corrected chi connectivity index (χ2v) is 8.22. The number of rotatable bonds is 4. The van der Waals surface area contributed by atoms with Crippen molar-refractivity contribution in [1.29, 1.82) is 0 Å². The molecule has 0 radical (unpaired) electrons. The van der Waals surface area contributed by atoms with Crippen molar-refractivity contribution >= 4 is 40.2 Å². The van der Waals surface area contributed by atoms with Gasteiger partial charge in [-0.3, -0.25) is 4.79 Å². The number of halogens is 1. The maximum Gasteiger partial charge on any atom is 0.319 e. The number of nitrogens with one attached hydrogen (secondary N) is 2. The van der Waals surface area contributed by atoms with Crippen molar-refractivity contribution in [1.82, 2.24) is 10.2 Å². The Hall–Kier alpha value is -2.09. The summed E-state index contributed by atoms with van der Waals surface area (Å²) in [4.78, 5) is 26.7. The number of urea groups is 1. The number of carbonyl (C=O) groups is 2. The number of benzene rings is 2. The van der Waals surface area contributed by atoms with Gasteiger partial charge in [-0.1, -0.05) is 23.8 Å². The van der Waals surface area contributed by atoms with Crippen LogP contribution in [0.15, 0.2) is 48.5 Å². The number of amides is 3. The third-order valence-electron chi connectivity index (χ3n) is 4.74.